The summed E-state index contributed by atoms with van der Waals surface area (Å²) in [6, 6.07) is 4.63. The van der Waals surface area contributed by atoms with Crippen molar-refractivity contribution in [2.45, 2.75) is 11.3 Å². The summed E-state index contributed by atoms with van der Waals surface area (Å²) in [5, 5.41) is 0. The summed E-state index contributed by atoms with van der Waals surface area (Å²) in [6.45, 7) is 3.94. The molecule has 6 nitrogen and oxygen atoms in total. The van der Waals surface area contributed by atoms with Crippen LogP contribution >= 0.6 is 0 Å². The molecule has 0 bridgehead atoms. The van der Waals surface area contributed by atoms with Crippen molar-refractivity contribution in [3.05, 3.63) is 18.2 Å². The van der Waals surface area contributed by atoms with Gasteiger partial charge in [-0.25, -0.2) is 8.42 Å². The van der Waals surface area contributed by atoms with E-state index in [1.807, 2.05) is 0 Å². The molecule has 118 valence electrons. The molecule has 2 N–H and O–H groups in total. The summed E-state index contributed by atoms with van der Waals surface area (Å²) in [5.74, 6) is 0.409. The van der Waals surface area contributed by atoms with Gasteiger partial charge in [0.25, 0.3) is 0 Å². The molecule has 0 aromatic heterocycles. The second-order valence-electron chi connectivity index (χ2n) is 5.04. The number of sulfone groups is 1. The van der Waals surface area contributed by atoms with Gasteiger partial charge in [-0.3, -0.25) is 4.90 Å². The summed E-state index contributed by atoms with van der Waals surface area (Å²) in [6.07, 6.45) is 0.593. The number of hydrogen-bond acceptors (Lipinski definition) is 6. The van der Waals surface area contributed by atoms with Gasteiger partial charge in [0, 0.05) is 24.8 Å². The van der Waals surface area contributed by atoms with E-state index in [9.17, 15) is 8.42 Å². The zero-order valence-electron chi connectivity index (χ0n) is 12.2. The SMILES string of the molecule is COc1cc(N)ccc1S(=O)(=O)CCCN1CCOCC1. The van der Waals surface area contributed by atoms with Gasteiger partial charge in [-0.05, 0) is 25.1 Å². The molecule has 21 heavy (non-hydrogen) atoms. The van der Waals surface area contributed by atoms with Gasteiger partial charge in [0.2, 0.25) is 0 Å². The Morgan fingerprint density at radius 1 is 1.33 bits per heavy atom. The lowest BCUT2D eigenvalue weighted by Crippen LogP contribution is -2.37. The Morgan fingerprint density at radius 2 is 2.05 bits per heavy atom. The fraction of sp³-hybridized carbons (Fsp3) is 0.571. The monoisotopic (exact) mass is 314 g/mol. The highest BCUT2D eigenvalue weighted by Crippen LogP contribution is 2.27. The molecule has 7 heteroatoms. The molecule has 2 rings (SSSR count). The van der Waals surface area contributed by atoms with Crippen molar-refractivity contribution in [3.8, 4) is 5.75 Å². The summed E-state index contributed by atoms with van der Waals surface area (Å²) in [4.78, 5) is 2.43. The van der Waals surface area contributed by atoms with Crippen LogP contribution in [0.2, 0.25) is 0 Å². The molecule has 1 fully saturated rings. The predicted octanol–water partition coefficient (Wildman–Crippen LogP) is 0.773. The number of anilines is 1. The highest BCUT2D eigenvalue weighted by molar-refractivity contribution is 7.91. The highest BCUT2D eigenvalue weighted by Gasteiger charge is 2.20. The summed E-state index contributed by atoms with van der Waals surface area (Å²) in [5.41, 5.74) is 6.14. The van der Waals surface area contributed by atoms with E-state index >= 15 is 0 Å². The van der Waals surface area contributed by atoms with Crippen molar-refractivity contribution in [1.82, 2.24) is 4.90 Å². The minimum atomic E-state index is -3.36. The summed E-state index contributed by atoms with van der Waals surface area (Å²) >= 11 is 0. The van der Waals surface area contributed by atoms with E-state index in [0.29, 0.717) is 17.9 Å². The first-order valence-corrected chi connectivity index (χ1v) is 8.64. The molecule has 1 aromatic rings. The van der Waals surface area contributed by atoms with Gasteiger partial charge >= 0.3 is 0 Å². The van der Waals surface area contributed by atoms with Gasteiger partial charge in [-0.1, -0.05) is 0 Å². The van der Waals surface area contributed by atoms with E-state index in [1.165, 1.54) is 19.2 Å². The summed E-state index contributed by atoms with van der Waals surface area (Å²) in [7, 11) is -1.91. The number of nitrogen functional groups attached to an aromatic ring is 1. The average molecular weight is 314 g/mol. The maximum Gasteiger partial charge on any atom is 0.182 e. The van der Waals surface area contributed by atoms with E-state index in [4.69, 9.17) is 15.2 Å². The summed E-state index contributed by atoms with van der Waals surface area (Å²) < 4.78 is 35.2. The van der Waals surface area contributed by atoms with Crippen molar-refractivity contribution >= 4 is 15.5 Å². The third-order valence-corrected chi connectivity index (χ3v) is 5.35. The van der Waals surface area contributed by atoms with E-state index in [-0.39, 0.29) is 10.6 Å². The fourth-order valence-corrected chi connectivity index (χ4v) is 3.81. The van der Waals surface area contributed by atoms with E-state index in [0.717, 1.165) is 32.8 Å². The number of morpholine rings is 1. The molecule has 0 saturated carbocycles. The number of rotatable bonds is 6. The lowest BCUT2D eigenvalue weighted by atomic mass is 10.3. The molecule has 1 saturated heterocycles. The van der Waals surface area contributed by atoms with Crippen molar-refractivity contribution in [2.24, 2.45) is 0 Å². The number of hydrogen-bond donors (Lipinski definition) is 1. The molecule has 0 radical (unpaired) electrons. The minimum Gasteiger partial charge on any atom is -0.495 e. The van der Waals surface area contributed by atoms with Crippen LogP contribution in [0.25, 0.3) is 0 Å². The van der Waals surface area contributed by atoms with Crippen LogP contribution in [0.5, 0.6) is 5.75 Å². The Morgan fingerprint density at radius 3 is 2.71 bits per heavy atom. The number of methoxy groups -OCH3 is 1. The predicted molar refractivity (Wildman–Crippen MR) is 81.3 cm³/mol. The lowest BCUT2D eigenvalue weighted by Gasteiger charge is -2.26. The molecule has 0 unspecified atom stereocenters. The molecule has 1 aliphatic heterocycles. The first-order chi connectivity index (χ1) is 10.0. The number of nitrogens with two attached hydrogens (primary N) is 1. The van der Waals surface area contributed by atoms with Crippen LogP contribution in [0.3, 0.4) is 0 Å². The Balaban J connectivity index is 1.98. The van der Waals surface area contributed by atoms with Gasteiger partial charge < -0.3 is 15.2 Å². The van der Waals surface area contributed by atoms with Gasteiger partial charge in [0.1, 0.15) is 10.6 Å². The van der Waals surface area contributed by atoms with Crippen LogP contribution in [0.4, 0.5) is 5.69 Å². The standard InChI is InChI=1S/C14H22N2O4S/c1-19-13-11-12(15)3-4-14(13)21(17,18)10-2-5-16-6-8-20-9-7-16/h3-4,11H,2,5-10,15H2,1H3. The largest absolute Gasteiger partial charge is 0.495 e. The second kappa shape index (κ2) is 7.11. The van der Waals surface area contributed by atoms with Crippen LogP contribution in [0.15, 0.2) is 23.1 Å². The maximum atomic E-state index is 12.4. The van der Waals surface area contributed by atoms with Crippen molar-refractivity contribution in [3.63, 3.8) is 0 Å². The highest BCUT2D eigenvalue weighted by atomic mass is 32.2. The molecule has 1 aliphatic rings. The first-order valence-electron chi connectivity index (χ1n) is 6.99. The van der Waals surface area contributed by atoms with Crippen molar-refractivity contribution < 1.29 is 17.9 Å². The van der Waals surface area contributed by atoms with Crippen molar-refractivity contribution in [1.29, 1.82) is 0 Å². The van der Waals surface area contributed by atoms with E-state index in [1.54, 1.807) is 6.07 Å². The Labute approximate surface area is 125 Å². The van der Waals surface area contributed by atoms with Crippen LogP contribution in [0.1, 0.15) is 6.42 Å². The molecule has 0 spiro atoms. The van der Waals surface area contributed by atoms with E-state index in [2.05, 4.69) is 4.90 Å². The molecule has 0 aliphatic carbocycles. The number of nitrogens with zero attached hydrogens (tertiary/aromatic N) is 1. The van der Waals surface area contributed by atoms with Crippen LogP contribution in [-0.2, 0) is 14.6 Å². The smallest absolute Gasteiger partial charge is 0.182 e. The van der Waals surface area contributed by atoms with Gasteiger partial charge in [0.15, 0.2) is 9.84 Å². The van der Waals surface area contributed by atoms with E-state index < -0.39 is 9.84 Å². The zero-order valence-corrected chi connectivity index (χ0v) is 13.1. The molecule has 0 atom stereocenters. The third-order valence-electron chi connectivity index (χ3n) is 3.51. The molecular formula is C14H22N2O4S. The molecular weight excluding hydrogens is 292 g/mol. The molecule has 0 amide bonds. The molecule has 1 heterocycles. The third kappa shape index (κ3) is 4.33. The second-order valence-corrected chi connectivity index (χ2v) is 7.11. The molecule has 1 aromatic carbocycles. The number of benzene rings is 1. The minimum absolute atomic E-state index is 0.102. The van der Waals surface area contributed by atoms with Crippen LogP contribution in [-0.4, -0.2) is 59.0 Å². The first kappa shape index (κ1) is 16.1. The maximum absolute atomic E-state index is 12.4. The number of ether oxygens (including phenoxy) is 2. The normalized spacial score (nSPS) is 16.8. The van der Waals surface area contributed by atoms with Crippen LogP contribution < -0.4 is 10.5 Å². The van der Waals surface area contributed by atoms with Gasteiger partial charge in [-0.2, -0.15) is 0 Å². The van der Waals surface area contributed by atoms with Crippen molar-refractivity contribution in [2.75, 3.05) is 51.4 Å². The van der Waals surface area contributed by atoms with Gasteiger partial charge in [-0.15, -0.1) is 0 Å². The zero-order chi connectivity index (χ0) is 15.3. The fourth-order valence-electron chi connectivity index (χ4n) is 2.35. The van der Waals surface area contributed by atoms with Gasteiger partial charge in [0.05, 0.1) is 26.1 Å². The topological polar surface area (TPSA) is 81.9 Å². The Bertz CT molecular complexity index is 568. The quantitative estimate of drug-likeness (QED) is 0.781. The average Bonchev–Trinajstić information content (AvgIpc) is 2.47. The Kier molecular flexibility index (Phi) is 5.44. The lowest BCUT2D eigenvalue weighted by molar-refractivity contribution is 0.0381. The van der Waals surface area contributed by atoms with Crippen LogP contribution in [0, 0.1) is 0 Å². The Hall–Kier alpha value is -1.31.